The highest BCUT2D eigenvalue weighted by Gasteiger charge is 2.10. The summed E-state index contributed by atoms with van der Waals surface area (Å²) in [5, 5.41) is 0.624. The van der Waals surface area contributed by atoms with Gasteiger partial charge in [0.2, 0.25) is 5.91 Å². The number of rotatable bonds is 6. The number of carbonyl (C=O) groups is 1. The Kier molecular flexibility index (Phi) is 5.25. The van der Waals surface area contributed by atoms with Crippen LogP contribution in [0.15, 0.2) is 18.2 Å². The van der Waals surface area contributed by atoms with E-state index in [9.17, 15) is 4.79 Å². The highest BCUT2D eigenvalue weighted by Crippen LogP contribution is 2.27. The molecule has 1 unspecified atom stereocenters. The first kappa shape index (κ1) is 13.8. The first-order chi connectivity index (χ1) is 8.00. The topological polar surface area (TPSA) is 78.3 Å². The zero-order valence-electron chi connectivity index (χ0n) is 9.78. The van der Waals surface area contributed by atoms with Crippen molar-refractivity contribution in [1.82, 2.24) is 0 Å². The molecule has 0 heterocycles. The van der Waals surface area contributed by atoms with Gasteiger partial charge in [0.1, 0.15) is 5.75 Å². The van der Waals surface area contributed by atoms with Crippen molar-refractivity contribution in [3.05, 3.63) is 28.8 Å². The quantitative estimate of drug-likeness (QED) is 0.809. The lowest BCUT2D eigenvalue weighted by Crippen LogP contribution is -2.19. The molecule has 1 aromatic carbocycles. The smallest absolute Gasteiger partial charge is 0.220 e. The molecular formula is C12H17ClN2O2. The van der Waals surface area contributed by atoms with Gasteiger partial charge in [-0.3, -0.25) is 4.79 Å². The van der Waals surface area contributed by atoms with Gasteiger partial charge in [0.25, 0.3) is 0 Å². The number of hydrogen-bond donors (Lipinski definition) is 2. The number of nitrogens with two attached hydrogens (primary N) is 2. The fraction of sp³-hybridized carbons (Fsp3) is 0.417. The van der Waals surface area contributed by atoms with Gasteiger partial charge in [0, 0.05) is 16.6 Å². The Bertz CT molecular complexity index is 394. The van der Waals surface area contributed by atoms with Crippen LogP contribution in [0.2, 0.25) is 5.02 Å². The molecule has 0 bridgehead atoms. The molecular weight excluding hydrogens is 240 g/mol. The molecule has 1 amide bonds. The lowest BCUT2D eigenvalue weighted by atomic mass is 10.1. The third-order valence-electron chi connectivity index (χ3n) is 2.21. The molecule has 0 aliphatic carbocycles. The maximum absolute atomic E-state index is 10.6. The van der Waals surface area contributed by atoms with Crippen molar-refractivity contribution in [1.29, 1.82) is 0 Å². The summed E-state index contributed by atoms with van der Waals surface area (Å²) in [6.07, 6.45) is 0.815. The molecule has 1 rings (SSSR count). The Morgan fingerprint density at radius 1 is 1.53 bits per heavy atom. The molecule has 17 heavy (non-hydrogen) atoms. The maximum Gasteiger partial charge on any atom is 0.220 e. The van der Waals surface area contributed by atoms with Gasteiger partial charge in [-0.1, -0.05) is 17.7 Å². The van der Waals surface area contributed by atoms with Crippen LogP contribution >= 0.6 is 11.6 Å². The van der Waals surface area contributed by atoms with E-state index >= 15 is 0 Å². The van der Waals surface area contributed by atoms with Crippen LogP contribution in [0, 0.1) is 0 Å². The number of halogens is 1. The van der Waals surface area contributed by atoms with E-state index in [1.807, 2.05) is 13.0 Å². The molecule has 0 aromatic heterocycles. The Balaban J connectivity index is 2.75. The Morgan fingerprint density at radius 2 is 2.24 bits per heavy atom. The summed E-state index contributed by atoms with van der Waals surface area (Å²) in [6, 6.07) is 5.39. The fourth-order valence-corrected chi connectivity index (χ4v) is 1.70. The molecule has 0 aliphatic rings. The van der Waals surface area contributed by atoms with Crippen LogP contribution in [0.5, 0.6) is 5.75 Å². The molecule has 4 nitrogen and oxygen atoms in total. The van der Waals surface area contributed by atoms with E-state index in [4.69, 9.17) is 27.8 Å². The highest BCUT2D eigenvalue weighted by atomic mass is 35.5. The van der Waals surface area contributed by atoms with Crippen LogP contribution in [-0.2, 0) is 11.2 Å². The molecule has 0 spiro atoms. The summed E-state index contributed by atoms with van der Waals surface area (Å²) in [7, 11) is 0. The van der Waals surface area contributed by atoms with Gasteiger partial charge in [-0.2, -0.15) is 0 Å². The molecule has 0 saturated carbocycles. The van der Waals surface area contributed by atoms with Gasteiger partial charge in [-0.05, 0) is 25.5 Å². The minimum absolute atomic E-state index is 0.00612. The molecule has 0 saturated heterocycles. The van der Waals surface area contributed by atoms with Gasteiger partial charge >= 0.3 is 0 Å². The van der Waals surface area contributed by atoms with Crippen molar-refractivity contribution in [2.45, 2.75) is 25.8 Å². The number of benzene rings is 1. The third-order valence-corrected chi connectivity index (χ3v) is 2.56. The zero-order valence-corrected chi connectivity index (χ0v) is 10.5. The maximum atomic E-state index is 10.6. The van der Waals surface area contributed by atoms with Crippen molar-refractivity contribution in [2.75, 3.05) is 6.61 Å². The molecule has 1 aromatic rings. The van der Waals surface area contributed by atoms with Gasteiger partial charge in [-0.25, -0.2) is 0 Å². The van der Waals surface area contributed by atoms with Crippen LogP contribution in [0.25, 0.3) is 0 Å². The van der Waals surface area contributed by atoms with Gasteiger partial charge in [-0.15, -0.1) is 0 Å². The molecule has 0 fully saturated rings. The number of carbonyl (C=O) groups excluding carboxylic acids is 1. The van der Waals surface area contributed by atoms with Crippen molar-refractivity contribution in [3.63, 3.8) is 0 Å². The fourth-order valence-electron chi connectivity index (χ4n) is 1.46. The Hall–Kier alpha value is -1.26. The summed E-state index contributed by atoms with van der Waals surface area (Å²) in [4.78, 5) is 10.6. The van der Waals surface area contributed by atoms with Gasteiger partial charge < -0.3 is 16.2 Å². The first-order valence-electron chi connectivity index (χ1n) is 5.44. The first-order valence-corrected chi connectivity index (χ1v) is 5.82. The second-order valence-corrected chi connectivity index (χ2v) is 4.37. The molecule has 0 radical (unpaired) electrons. The van der Waals surface area contributed by atoms with E-state index in [2.05, 4.69) is 0 Å². The predicted molar refractivity (Wildman–Crippen MR) is 68.1 cm³/mol. The van der Waals surface area contributed by atoms with Crippen molar-refractivity contribution >= 4 is 17.5 Å². The van der Waals surface area contributed by atoms with E-state index in [0.29, 0.717) is 17.2 Å². The van der Waals surface area contributed by atoms with Gasteiger partial charge in [0.15, 0.2) is 0 Å². The minimum Gasteiger partial charge on any atom is -0.493 e. The number of primary amides is 1. The van der Waals surface area contributed by atoms with Crippen molar-refractivity contribution in [2.24, 2.45) is 11.5 Å². The van der Waals surface area contributed by atoms with Crippen molar-refractivity contribution in [3.8, 4) is 5.75 Å². The lowest BCUT2D eigenvalue weighted by Gasteiger charge is -2.14. The van der Waals surface area contributed by atoms with E-state index in [-0.39, 0.29) is 25.0 Å². The summed E-state index contributed by atoms with van der Waals surface area (Å²) in [5.74, 6) is 0.275. The zero-order chi connectivity index (χ0) is 12.8. The second kappa shape index (κ2) is 6.47. The van der Waals surface area contributed by atoms with Gasteiger partial charge in [0.05, 0.1) is 13.0 Å². The summed E-state index contributed by atoms with van der Waals surface area (Å²) in [5.41, 5.74) is 11.7. The molecule has 5 heteroatoms. The van der Waals surface area contributed by atoms with Crippen LogP contribution in [0.1, 0.15) is 18.9 Å². The number of hydrogen-bond acceptors (Lipinski definition) is 3. The average molecular weight is 257 g/mol. The van der Waals surface area contributed by atoms with Crippen molar-refractivity contribution < 1.29 is 9.53 Å². The van der Waals surface area contributed by atoms with Crippen LogP contribution in [0.3, 0.4) is 0 Å². The standard InChI is InChI=1S/C12H17ClN2O2/c1-8(14)7-9-10(13)3-2-4-11(9)17-6-5-12(15)16/h2-4,8H,5-7,14H2,1H3,(H2,15,16). The monoisotopic (exact) mass is 256 g/mol. The molecule has 1 atom stereocenters. The molecule has 4 N–H and O–H groups in total. The summed E-state index contributed by atoms with van der Waals surface area (Å²) in [6.45, 7) is 2.15. The van der Waals surface area contributed by atoms with E-state index in [1.165, 1.54) is 0 Å². The third kappa shape index (κ3) is 4.63. The summed E-state index contributed by atoms with van der Waals surface area (Å²) >= 11 is 6.09. The van der Waals surface area contributed by atoms with E-state index < -0.39 is 0 Å². The Morgan fingerprint density at radius 3 is 2.82 bits per heavy atom. The van der Waals surface area contributed by atoms with Crippen LogP contribution in [-0.4, -0.2) is 18.6 Å². The SMILES string of the molecule is CC(N)Cc1c(Cl)cccc1OCCC(N)=O. The normalized spacial score (nSPS) is 12.2. The lowest BCUT2D eigenvalue weighted by molar-refractivity contribution is -0.118. The predicted octanol–water partition coefficient (Wildman–Crippen LogP) is 1.48. The second-order valence-electron chi connectivity index (χ2n) is 3.96. The number of ether oxygens (including phenoxy) is 1. The van der Waals surface area contributed by atoms with E-state index in [1.54, 1.807) is 12.1 Å². The largest absolute Gasteiger partial charge is 0.493 e. The Labute approximate surface area is 106 Å². The van der Waals surface area contributed by atoms with Crippen LogP contribution < -0.4 is 16.2 Å². The molecule has 94 valence electrons. The van der Waals surface area contributed by atoms with E-state index in [0.717, 1.165) is 5.56 Å². The minimum atomic E-state index is -0.388. The van der Waals surface area contributed by atoms with Crippen LogP contribution in [0.4, 0.5) is 0 Å². The summed E-state index contributed by atoms with van der Waals surface area (Å²) < 4.78 is 5.49. The number of amides is 1. The average Bonchev–Trinajstić information content (AvgIpc) is 2.22. The molecule has 0 aliphatic heterocycles. The highest BCUT2D eigenvalue weighted by molar-refractivity contribution is 6.31.